The number of fused-ring (bicyclic) bond motifs is 1. The maximum absolute atomic E-state index is 15.0. The van der Waals surface area contributed by atoms with Gasteiger partial charge in [0.2, 0.25) is 0 Å². The highest BCUT2D eigenvalue weighted by Crippen LogP contribution is 2.31. The first-order valence-corrected chi connectivity index (χ1v) is 12.4. The third kappa shape index (κ3) is 5.00. The molecule has 3 aromatic carbocycles. The summed E-state index contributed by atoms with van der Waals surface area (Å²) in [5, 5.41) is 10.0. The summed E-state index contributed by atoms with van der Waals surface area (Å²) in [6, 6.07) is 20.0. The molecule has 2 aromatic heterocycles. The molecule has 0 aliphatic rings. The summed E-state index contributed by atoms with van der Waals surface area (Å²) in [6.45, 7) is 6.10. The number of nitrogens with one attached hydrogen (secondary N) is 2. The summed E-state index contributed by atoms with van der Waals surface area (Å²) in [5.41, 5.74) is 2.40. The third-order valence-electron chi connectivity index (χ3n) is 6.39. The van der Waals surface area contributed by atoms with E-state index in [1.165, 1.54) is 21.3 Å². The molecule has 0 radical (unpaired) electrons. The number of urea groups is 1. The molecule has 39 heavy (non-hydrogen) atoms. The van der Waals surface area contributed by atoms with E-state index in [0.717, 1.165) is 11.4 Å². The molecule has 0 aliphatic heterocycles. The number of aryl methyl sites for hydroxylation is 2. The summed E-state index contributed by atoms with van der Waals surface area (Å²) in [6.07, 6.45) is 0. The van der Waals surface area contributed by atoms with E-state index in [1.54, 1.807) is 43.0 Å². The molecule has 2 heterocycles. The zero-order chi connectivity index (χ0) is 27.9. The maximum atomic E-state index is 15.0. The minimum Gasteiger partial charge on any atom is -0.455 e. The molecule has 5 aromatic rings. The lowest BCUT2D eigenvalue weighted by atomic mass is 9.92. The molecule has 0 aliphatic carbocycles. The summed E-state index contributed by atoms with van der Waals surface area (Å²) < 4.78 is 25.6. The molecule has 10 heteroatoms. The van der Waals surface area contributed by atoms with Crippen LogP contribution in [0.3, 0.4) is 0 Å². The first kappa shape index (κ1) is 25.8. The highest BCUT2D eigenvalue weighted by atomic mass is 19.1. The number of rotatable bonds is 5. The summed E-state index contributed by atoms with van der Waals surface area (Å²) >= 11 is 0. The number of hydrogen-bond donors (Lipinski definition) is 2. The van der Waals surface area contributed by atoms with E-state index >= 15 is 4.39 Å². The molecular weight excluding hydrogens is 499 g/mol. The SMILES string of the molecule is Cn1c(=O)n(C)c2c(Oc3ccc(NC(=O)Nc4cc(C(C)(C)C)nn4-c4ccccc4)c(F)c3)cccc21. The number of anilines is 2. The fraction of sp³-hybridized carbons (Fsp3) is 0.207. The molecule has 0 fully saturated rings. The van der Waals surface area contributed by atoms with Crippen LogP contribution in [0.1, 0.15) is 26.5 Å². The second-order valence-corrected chi connectivity index (χ2v) is 10.3. The van der Waals surface area contributed by atoms with Crippen molar-refractivity contribution >= 4 is 28.6 Å². The van der Waals surface area contributed by atoms with Crippen LogP contribution >= 0.6 is 0 Å². The van der Waals surface area contributed by atoms with Gasteiger partial charge in [-0.2, -0.15) is 5.10 Å². The number of hydrogen-bond acceptors (Lipinski definition) is 4. The molecule has 0 bridgehead atoms. The van der Waals surface area contributed by atoms with Crippen LogP contribution in [0.25, 0.3) is 16.7 Å². The van der Waals surface area contributed by atoms with Crippen LogP contribution in [-0.2, 0) is 19.5 Å². The molecule has 2 N–H and O–H groups in total. The monoisotopic (exact) mass is 528 g/mol. The largest absolute Gasteiger partial charge is 0.455 e. The predicted octanol–water partition coefficient (Wildman–Crippen LogP) is 5.94. The van der Waals surface area contributed by atoms with Crippen molar-refractivity contribution < 1.29 is 13.9 Å². The lowest BCUT2D eigenvalue weighted by molar-refractivity contribution is 0.262. The predicted molar refractivity (Wildman–Crippen MR) is 150 cm³/mol. The average molecular weight is 529 g/mol. The first-order valence-electron chi connectivity index (χ1n) is 12.4. The zero-order valence-electron chi connectivity index (χ0n) is 22.3. The van der Waals surface area contributed by atoms with Crippen LogP contribution in [0.4, 0.5) is 20.7 Å². The van der Waals surface area contributed by atoms with Crippen LogP contribution in [0.2, 0.25) is 0 Å². The van der Waals surface area contributed by atoms with Gasteiger partial charge in [0.1, 0.15) is 22.9 Å². The number of benzene rings is 3. The van der Waals surface area contributed by atoms with Crippen molar-refractivity contribution in [3.8, 4) is 17.2 Å². The van der Waals surface area contributed by atoms with Crippen LogP contribution in [-0.4, -0.2) is 24.9 Å². The number of carbonyl (C=O) groups is 1. The van der Waals surface area contributed by atoms with Crippen molar-refractivity contribution in [2.75, 3.05) is 10.6 Å². The van der Waals surface area contributed by atoms with Gasteiger partial charge in [0.15, 0.2) is 5.75 Å². The van der Waals surface area contributed by atoms with E-state index in [9.17, 15) is 9.59 Å². The van der Waals surface area contributed by atoms with Gasteiger partial charge < -0.3 is 10.1 Å². The second kappa shape index (κ2) is 9.79. The number of halogens is 1. The van der Waals surface area contributed by atoms with Crippen molar-refractivity contribution in [3.63, 3.8) is 0 Å². The van der Waals surface area contributed by atoms with E-state index < -0.39 is 11.8 Å². The number of amides is 2. The lowest BCUT2D eigenvalue weighted by Gasteiger charge is -2.14. The Balaban J connectivity index is 1.36. The number of carbonyl (C=O) groups excluding carboxylic acids is 1. The summed E-state index contributed by atoms with van der Waals surface area (Å²) in [4.78, 5) is 25.2. The number of para-hydroxylation sites is 2. The summed E-state index contributed by atoms with van der Waals surface area (Å²) in [7, 11) is 3.33. The van der Waals surface area contributed by atoms with Gasteiger partial charge in [0.05, 0.1) is 22.6 Å². The molecular formula is C29H29FN6O3. The van der Waals surface area contributed by atoms with Crippen LogP contribution in [0.5, 0.6) is 11.5 Å². The fourth-order valence-electron chi connectivity index (χ4n) is 4.28. The minimum atomic E-state index is -0.677. The molecule has 200 valence electrons. The molecule has 0 atom stereocenters. The van der Waals surface area contributed by atoms with Crippen LogP contribution in [0, 0.1) is 5.82 Å². The van der Waals surface area contributed by atoms with Gasteiger partial charge in [-0.15, -0.1) is 0 Å². The Morgan fingerprint density at radius 1 is 0.923 bits per heavy atom. The Kier molecular flexibility index (Phi) is 6.47. The maximum Gasteiger partial charge on any atom is 0.328 e. The third-order valence-corrected chi connectivity index (χ3v) is 6.39. The topological polar surface area (TPSA) is 95.1 Å². The van der Waals surface area contributed by atoms with E-state index in [4.69, 9.17) is 4.74 Å². The lowest BCUT2D eigenvalue weighted by Crippen LogP contribution is -2.22. The highest BCUT2D eigenvalue weighted by Gasteiger charge is 2.22. The zero-order valence-corrected chi connectivity index (χ0v) is 22.3. The molecule has 5 rings (SSSR count). The Bertz CT molecular complexity index is 1740. The van der Waals surface area contributed by atoms with Crippen molar-refractivity contribution in [1.29, 1.82) is 0 Å². The van der Waals surface area contributed by atoms with E-state index in [1.807, 2.05) is 57.2 Å². The molecule has 9 nitrogen and oxygen atoms in total. The van der Waals surface area contributed by atoms with Gasteiger partial charge >= 0.3 is 11.7 Å². The molecule has 0 saturated heterocycles. The highest BCUT2D eigenvalue weighted by molar-refractivity contribution is 5.99. The van der Waals surface area contributed by atoms with Gasteiger partial charge in [-0.1, -0.05) is 45.0 Å². The van der Waals surface area contributed by atoms with Crippen molar-refractivity contribution in [2.45, 2.75) is 26.2 Å². The van der Waals surface area contributed by atoms with Gasteiger partial charge in [0.25, 0.3) is 0 Å². The molecule has 0 saturated carbocycles. The normalized spacial score (nSPS) is 11.5. The number of nitrogens with zero attached hydrogens (tertiary/aromatic N) is 4. The van der Waals surface area contributed by atoms with E-state index in [2.05, 4.69) is 15.7 Å². The molecule has 2 amide bonds. The standard InChI is InChI=1S/C29H29FN6O3/c1-29(2,3)24-17-25(36(33-24)18-10-7-6-8-11-18)32-27(37)31-21-15-14-19(16-20(21)30)39-23-13-9-12-22-26(23)35(5)28(38)34(22)4/h6-17H,1-5H3,(H2,31,32,37). The van der Waals surface area contributed by atoms with Crippen LogP contribution in [0.15, 0.2) is 77.6 Å². The van der Waals surface area contributed by atoms with Gasteiger partial charge in [-0.05, 0) is 36.4 Å². The Hall–Kier alpha value is -4.86. The quantitative estimate of drug-likeness (QED) is 0.295. The van der Waals surface area contributed by atoms with Gasteiger partial charge in [-0.25, -0.2) is 18.7 Å². The number of imidazole rings is 1. The van der Waals surface area contributed by atoms with E-state index in [-0.39, 0.29) is 22.5 Å². The average Bonchev–Trinajstić information content (AvgIpc) is 3.42. The molecule has 0 spiro atoms. The van der Waals surface area contributed by atoms with Crippen LogP contribution < -0.4 is 21.1 Å². The first-order chi connectivity index (χ1) is 18.5. The number of ether oxygens (including phenoxy) is 1. The fourth-order valence-corrected chi connectivity index (χ4v) is 4.28. The van der Waals surface area contributed by atoms with Crippen molar-refractivity contribution in [1.82, 2.24) is 18.9 Å². The van der Waals surface area contributed by atoms with E-state index in [0.29, 0.717) is 22.6 Å². The summed E-state index contributed by atoms with van der Waals surface area (Å²) in [5.74, 6) is 0.405. The Labute approximate surface area is 224 Å². The van der Waals surface area contributed by atoms with Gasteiger partial charge in [0, 0.05) is 31.6 Å². The smallest absolute Gasteiger partial charge is 0.328 e. The van der Waals surface area contributed by atoms with Crippen molar-refractivity contribution in [3.05, 3.63) is 94.8 Å². The minimum absolute atomic E-state index is 0.0213. The Morgan fingerprint density at radius 3 is 2.36 bits per heavy atom. The number of aromatic nitrogens is 4. The van der Waals surface area contributed by atoms with Gasteiger partial charge in [-0.3, -0.25) is 14.5 Å². The molecule has 0 unspecified atom stereocenters. The van der Waals surface area contributed by atoms with Crippen molar-refractivity contribution in [2.24, 2.45) is 14.1 Å². The Morgan fingerprint density at radius 2 is 1.67 bits per heavy atom. The second-order valence-electron chi connectivity index (χ2n) is 10.3.